The highest BCUT2D eigenvalue weighted by molar-refractivity contribution is 7.15. The lowest BCUT2D eigenvalue weighted by atomic mass is 9.98. The van der Waals surface area contributed by atoms with Crippen molar-refractivity contribution >= 4 is 33.3 Å². The molecule has 0 aliphatic carbocycles. The molecule has 0 saturated heterocycles. The molecule has 4 aromatic rings. The molecule has 7 heteroatoms. The van der Waals surface area contributed by atoms with Crippen molar-refractivity contribution in [2.45, 2.75) is 33.2 Å². The maximum atomic E-state index is 13.6. The summed E-state index contributed by atoms with van der Waals surface area (Å²) in [6.07, 6.45) is 0.724. The molecule has 0 radical (unpaired) electrons. The lowest BCUT2D eigenvalue weighted by Crippen LogP contribution is -2.29. The van der Waals surface area contributed by atoms with Crippen LogP contribution in [-0.4, -0.2) is 16.1 Å². The minimum absolute atomic E-state index is 0.0813. The van der Waals surface area contributed by atoms with E-state index in [0.717, 1.165) is 28.1 Å². The molecule has 0 fully saturated rings. The van der Waals surface area contributed by atoms with E-state index in [4.69, 9.17) is 4.42 Å². The van der Waals surface area contributed by atoms with Crippen molar-refractivity contribution in [3.05, 3.63) is 85.7 Å². The number of anilines is 1. The SMILES string of the molecule is CCc1nnc(N2C(=O)c3oc4cc(C)c(C)cc4c(=O)c3C2c2ccccc2)s1. The molecule has 1 atom stereocenters. The smallest absolute Gasteiger partial charge is 0.297 e. The average molecular weight is 417 g/mol. The minimum Gasteiger partial charge on any atom is -0.450 e. The van der Waals surface area contributed by atoms with Gasteiger partial charge in [0.2, 0.25) is 10.9 Å². The third-order valence-corrected chi connectivity index (χ3v) is 6.63. The Morgan fingerprint density at radius 2 is 1.80 bits per heavy atom. The van der Waals surface area contributed by atoms with E-state index in [1.807, 2.05) is 63.2 Å². The fourth-order valence-corrected chi connectivity index (χ4v) is 4.67. The third kappa shape index (κ3) is 2.69. The first-order valence-corrected chi connectivity index (χ1v) is 10.6. The monoisotopic (exact) mass is 417 g/mol. The van der Waals surface area contributed by atoms with Crippen molar-refractivity contribution in [2.24, 2.45) is 0 Å². The molecule has 1 unspecified atom stereocenters. The molecule has 0 spiro atoms. The molecule has 1 aliphatic rings. The lowest BCUT2D eigenvalue weighted by molar-refractivity contribution is 0.0970. The van der Waals surface area contributed by atoms with Gasteiger partial charge in [0.25, 0.3) is 5.91 Å². The second-order valence-electron chi connectivity index (χ2n) is 7.43. The number of carbonyl (C=O) groups excluding carboxylic acids is 1. The second kappa shape index (κ2) is 6.88. The van der Waals surface area contributed by atoms with E-state index < -0.39 is 6.04 Å². The summed E-state index contributed by atoms with van der Waals surface area (Å²) in [7, 11) is 0. The minimum atomic E-state index is -0.603. The Morgan fingerprint density at radius 1 is 1.07 bits per heavy atom. The van der Waals surface area contributed by atoms with Gasteiger partial charge in [-0.3, -0.25) is 14.5 Å². The summed E-state index contributed by atoms with van der Waals surface area (Å²) >= 11 is 1.36. The van der Waals surface area contributed by atoms with E-state index in [-0.39, 0.29) is 17.1 Å². The Labute approximate surface area is 176 Å². The van der Waals surface area contributed by atoms with Gasteiger partial charge < -0.3 is 4.42 Å². The molecule has 1 aliphatic heterocycles. The molecular weight excluding hydrogens is 398 g/mol. The molecule has 5 rings (SSSR count). The van der Waals surface area contributed by atoms with E-state index in [9.17, 15) is 9.59 Å². The Bertz CT molecular complexity index is 1360. The van der Waals surface area contributed by atoms with Gasteiger partial charge in [-0.25, -0.2) is 0 Å². The Kier molecular flexibility index (Phi) is 4.29. The fourth-order valence-electron chi connectivity index (χ4n) is 3.86. The van der Waals surface area contributed by atoms with Gasteiger partial charge in [-0.2, -0.15) is 0 Å². The number of hydrogen-bond donors (Lipinski definition) is 0. The second-order valence-corrected chi connectivity index (χ2v) is 8.47. The Morgan fingerprint density at radius 3 is 2.50 bits per heavy atom. The van der Waals surface area contributed by atoms with E-state index >= 15 is 0 Å². The van der Waals surface area contributed by atoms with Crippen LogP contribution in [0.5, 0.6) is 0 Å². The van der Waals surface area contributed by atoms with Crippen LogP contribution in [0.4, 0.5) is 5.13 Å². The predicted molar refractivity (Wildman–Crippen MR) is 116 cm³/mol. The third-order valence-electron chi connectivity index (χ3n) is 5.57. The molecule has 30 heavy (non-hydrogen) atoms. The van der Waals surface area contributed by atoms with Gasteiger partial charge in [0.15, 0.2) is 5.43 Å². The number of amides is 1. The zero-order chi connectivity index (χ0) is 21.0. The van der Waals surface area contributed by atoms with E-state index in [0.29, 0.717) is 21.7 Å². The summed E-state index contributed by atoms with van der Waals surface area (Å²) in [5.41, 5.74) is 3.44. The van der Waals surface area contributed by atoms with Crippen molar-refractivity contribution in [1.82, 2.24) is 10.2 Å². The molecule has 150 valence electrons. The molecule has 1 amide bonds. The van der Waals surface area contributed by atoms with Crippen molar-refractivity contribution in [2.75, 3.05) is 4.90 Å². The van der Waals surface area contributed by atoms with Crippen LogP contribution in [0, 0.1) is 13.8 Å². The highest BCUT2D eigenvalue weighted by Gasteiger charge is 2.45. The van der Waals surface area contributed by atoms with Crippen LogP contribution < -0.4 is 10.3 Å². The zero-order valence-electron chi connectivity index (χ0n) is 16.8. The van der Waals surface area contributed by atoms with Crippen LogP contribution >= 0.6 is 11.3 Å². The van der Waals surface area contributed by atoms with Gasteiger partial charge >= 0.3 is 0 Å². The molecule has 3 heterocycles. The fraction of sp³-hybridized carbons (Fsp3) is 0.217. The molecule has 6 nitrogen and oxygen atoms in total. The van der Waals surface area contributed by atoms with Gasteiger partial charge in [0.05, 0.1) is 17.0 Å². The number of aromatic nitrogens is 2. The van der Waals surface area contributed by atoms with Crippen LogP contribution in [0.1, 0.15) is 50.8 Å². The summed E-state index contributed by atoms with van der Waals surface area (Å²) < 4.78 is 6.04. The van der Waals surface area contributed by atoms with Gasteiger partial charge in [-0.15, -0.1) is 10.2 Å². The van der Waals surface area contributed by atoms with Crippen LogP contribution in [-0.2, 0) is 6.42 Å². The number of benzene rings is 2. The van der Waals surface area contributed by atoms with Crippen LogP contribution in [0.3, 0.4) is 0 Å². The predicted octanol–water partition coefficient (Wildman–Crippen LogP) is 4.57. The first-order valence-electron chi connectivity index (χ1n) is 9.78. The quantitative estimate of drug-likeness (QED) is 0.488. The maximum Gasteiger partial charge on any atom is 0.297 e. The molecule has 0 bridgehead atoms. The summed E-state index contributed by atoms with van der Waals surface area (Å²) in [6.45, 7) is 5.90. The number of nitrogens with zero attached hydrogens (tertiary/aromatic N) is 3. The lowest BCUT2D eigenvalue weighted by Gasteiger charge is -2.21. The maximum absolute atomic E-state index is 13.6. The standard InChI is InChI=1S/C23H19N3O3S/c1-4-17-24-25-23(30-17)26-19(14-8-6-5-7-9-14)18-20(27)15-10-12(2)13(3)11-16(15)29-21(18)22(26)28/h5-11,19H,4H2,1-3H3. The van der Waals surface area contributed by atoms with Crippen LogP contribution in [0.25, 0.3) is 11.0 Å². The first-order chi connectivity index (χ1) is 14.5. The number of hydrogen-bond acceptors (Lipinski definition) is 6. The van der Waals surface area contributed by atoms with Crippen molar-refractivity contribution < 1.29 is 9.21 Å². The summed E-state index contributed by atoms with van der Waals surface area (Å²) in [5, 5.41) is 10.2. The van der Waals surface area contributed by atoms with Gasteiger partial charge in [0.1, 0.15) is 10.6 Å². The topological polar surface area (TPSA) is 76.3 Å². The van der Waals surface area contributed by atoms with Crippen LogP contribution in [0.2, 0.25) is 0 Å². The van der Waals surface area contributed by atoms with Crippen molar-refractivity contribution in [3.63, 3.8) is 0 Å². The largest absolute Gasteiger partial charge is 0.450 e. The summed E-state index contributed by atoms with van der Waals surface area (Å²) in [5.74, 6) is -0.285. The molecular formula is C23H19N3O3S. The molecule has 0 N–H and O–H groups in total. The van der Waals surface area contributed by atoms with Crippen molar-refractivity contribution in [1.29, 1.82) is 0 Å². The van der Waals surface area contributed by atoms with Gasteiger partial charge in [-0.1, -0.05) is 48.6 Å². The zero-order valence-corrected chi connectivity index (χ0v) is 17.6. The molecule has 2 aromatic heterocycles. The molecule has 2 aromatic carbocycles. The van der Waals surface area contributed by atoms with E-state index in [1.54, 1.807) is 4.90 Å². The highest BCUT2D eigenvalue weighted by Crippen LogP contribution is 2.42. The van der Waals surface area contributed by atoms with E-state index in [2.05, 4.69) is 10.2 Å². The van der Waals surface area contributed by atoms with Gasteiger partial charge in [0, 0.05) is 0 Å². The highest BCUT2D eigenvalue weighted by atomic mass is 32.1. The Balaban J connectivity index is 1.81. The number of aryl methyl sites for hydroxylation is 3. The first kappa shape index (κ1) is 18.7. The summed E-state index contributed by atoms with van der Waals surface area (Å²) in [6, 6.07) is 12.6. The molecule has 0 saturated carbocycles. The number of carbonyl (C=O) groups is 1. The Hall–Kier alpha value is -3.32. The average Bonchev–Trinajstić information content (AvgIpc) is 3.33. The van der Waals surface area contributed by atoms with Gasteiger partial charge in [-0.05, 0) is 49.1 Å². The summed E-state index contributed by atoms with van der Waals surface area (Å²) in [4.78, 5) is 28.6. The van der Waals surface area contributed by atoms with E-state index in [1.165, 1.54) is 11.3 Å². The normalized spacial score (nSPS) is 15.8. The van der Waals surface area contributed by atoms with Crippen LogP contribution in [0.15, 0.2) is 51.7 Å². The number of rotatable bonds is 3. The number of fused-ring (bicyclic) bond motifs is 2. The van der Waals surface area contributed by atoms with Crippen molar-refractivity contribution in [3.8, 4) is 0 Å².